The minimum Gasteiger partial charge on any atom is -0.462 e. The fraction of sp³-hybridized carbons (Fsp3) is 0.421. The number of hydrogen-bond acceptors (Lipinski definition) is 4. The zero-order valence-electron chi connectivity index (χ0n) is 14.2. The summed E-state index contributed by atoms with van der Waals surface area (Å²) < 4.78 is 7.19. The standard InChI is InChI=1S/C19H21N3O3/c1-13-17(10-20-22(13)16-5-3-2-4-6-16)19(24)25-12-14-9-18(23)21(11-14)15-7-8-15/h2-6,10,14-15H,7-9,11-12H2,1H3/t14-/m1/s1. The molecule has 1 aromatic carbocycles. The zero-order chi connectivity index (χ0) is 17.4. The third-order valence-corrected chi connectivity index (χ3v) is 4.91. The van der Waals surface area contributed by atoms with Crippen LogP contribution in [0.25, 0.3) is 5.69 Å². The highest BCUT2D eigenvalue weighted by Crippen LogP contribution is 2.32. The van der Waals surface area contributed by atoms with E-state index in [1.165, 1.54) is 0 Å². The van der Waals surface area contributed by atoms with Gasteiger partial charge in [-0.15, -0.1) is 0 Å². The number of likely N-dealkylation sites (tertiary alicyclic amines) is 1. The molecule has 130 valence electrons. The minimum atomic E-state index is -0.378. The first kappa shape index (κ1) is 15.9. The molecule has 25 heavy (non-hydrogen) atoms. The average molecular weight is 339 g/mol. The van der Waals surface area contributed by atoms with Crippen molar-refractivity contribution >= 4 is 11.9 Å². The molecule has 1 amide bonds. The lowest BCUT2D eigenvalue weighted by Crippen LogP contribution is -2.28. The lowest BCUT2D eigenvalue weighted by atomic mass is 10.1. The highest BCUT2D eigenvalue weighted by Gasteiger charge is 2.39. The van der Waals surface area contributed by atoms with E-state index in [4.69, 9.17) is 4.74 Å². The Labute approximate surface area is 146 Å². The fourth-order valence-corrected chi connectivity index (χ4v) is 3.37. The summed E-state index contributed by atoms with van der Waals surface area (Å²) in [6.07, 6.45) is 4.24. The first-order valence-corrected chi connectivity index (χ1v) is 8.70. The molecular formula is C19H21N3O3. The van der Waals surface area contributed by atoms with Crippen LogP contribution >= 0.6 is 0 Å². The summed E-state index contributed by atoms with van der Waals surface area (Å²) in [4.78, 5) is 26.3. The number of esters is 1. The highest BCUT2D eigenvalue weighted by molar-refractivity contribution is 5.90. The first-order valence-electron chi connectivity index (χ1n) is 8.70. The lowest BCUT2D eigenvalue weighted by Gasteiger charge is -2.15. The molecule has 0 N–H and O–H groups in total. The van der Waals surface area contributed by atoms with Gasteiger partial charge in [0.25, 0.3) is 0 Å². The van der Waals surface area contributed by atoms with Crippen molar-refractivity contribution in [2.75, 3.05) is 13.2 Å². The van der Waals surface area contributed by atoms with Crippen LogP contribution in [0.4, 0.5) is 0 Å². The molecule has 0 bridgehead atoms. The van der Waals surface area contributed by atoms with E-state index in [9.17, 15) is 9.59 Å². The van der Waals surface area contributed by atoms with Crippen LogP contribution in [-0.2, 0) is 9.53 Å². The molecule has 1 saturated carbocycles. The van der Waals surface area contributed by atoms with Crippen LogP contribution in [-0.4, -0.2) is 45.8 Å². The SMILES string of the molecule is Cc1c(C(=O)OC[C@@H]2CC(=O)N(C3CC3)C2)cnn1-c1ccccc1. The van der Waals surface area contributed by atoms with Crippen molar-refractivity contribution < 1.29 is 14.3 Å². The summed E-state index contributed by atoms with van der Waals surface area (Å²) in [5.41, 5.74) is 2.12. The van der Waals surface area contributed by atoms with Gasteiger partial charge in [-0.1, -0.05) is 18.2 Å². The molecule has 1 saturated heterocycles. The van der Waals surface area contributed by atoms with Crippen LogP contribution in [0.3, 0.4) is 0 Å². The van der Waals surface area contributed by atoms with Gasteiger partial charge in [-0.2, -0.15) is 5.10 Å². The van der Waals surface area contributed by atoms with Crippen molar-refractivity contribution in [3.8, 4) is 5.69 Å². The number of aromatic nitrogens is 2. The molecule has 0 radical (unpaired) electrons. The number of benzene rings is 1. The normalized spacial score (nSPS) is 20.1. The smallest absolute Gasteiger partial charge is 0.341 e. The number of rotatable bonds is 5. The quantitative estimate of drug-likeness (QED) is 0.785. The molecule has 2 aromatic rings. The Balaban J connectivity index is 1.39. The number of para-hydroxylation sites is 1. The van der Waals surface area contributed by atoms with E-state index in [-0.39, 0.29) is 24.4 Å². The molecule has 2 aliphatic rings. The zero-order valence-corrected chi connectivity index (χ0v) is 14.2. The van der Waals surface area contributed by atoms with E-state index in [1.54, 1.807) is 10.9 Å². The van der Waals surface area contributed by atoms with Gasteiger partial charge in [0.05, 0.1) is 24.2 Å². The van der Waals surface area contributed by atoms with Crippen molar-refractivity contribution in [1.29, 1.82) is 0 Å². The maximum atomic E-state index is 12.4. The summed E-state index contributed by atoms with van der Waals surface area (Å²) in [5, 5.41) is 4.30. The molecule has 6 heteroatoms. The fourth-order valence-electron chi connectivity index (χ4n) is 3.37. The molecule has 6 nitrogen and oxygen atoms in total. The summed E-state index contributed by atoms with van der Waals surface area (Å²) in [7, 11) is 0. The van der Waals surface area contributed by atoms with Gasteiger partial charge in [0.15, 0.2) is 0 Å². The number of ether oxygens (including phenoxy) is 1. The van der Waals surface area contributed by atoms with E-state index in [0.717, 1.165) is 24.2 Å². The molecule has 2 heterocycles. The van der Waals surface area contributed by atoms with Gasteiger partial charge in [0, 0.05) is 24.9 Å². The number of amides is 1. The Bertz CT molecular complexity index is 796. The van der Waals surface area contributed by atoms with Crippen LogP contribution in [0, 0.1) is 12.8 Å². The minimum absolute atomic E-state index is 0.0986. The molecule has 1 aromatic heterocycles. The molecule has 0 unspecified atom stereocenters. The Hall–Kier alpha value is -2.63. The Morgan fingerprint density at radius 2 is 2.04 bits per heavy atom. The molecule has 0 spiro atoms. The topological polar surface area (TPSA) is 64.4 Å². The van der Waals surface area contributed by atoms with Crippen LogP contribution in [0.5, 0.6) is 0 Å². The molecule has 4 rings (SSSR count). The molecular weight excluding hydrogens is 318 g/mol. The molecule has 2 fully saturated rings. The first-order chi connectivity index (χ1) is 12.1. The van der Waals surface area contributed by atoms with Crippen LogP contribution < -0.4 is 0 Å². The average Bonchev–Trinajstić information content (AvgIpc) is 3.29. The van der Waals surface area contributed by atoms with Crippen LogP contribution in [0.2, 0.25) is 0 Å². The van der Waals surface area contributed by atoms with Crippen LogP contribution in [0.15, 0.2) is 36.5 Å². The van der Waals surface area contributed by atoms with Gasteiger partial charge >= 0.3 is 5.97 Å². The van der Waals surface area contributed by atoms with Gasteiger partial charge in [-0.05, 0) is 31.9 Å². The molecule has 1 aliphatic carbocycles. The Kier molecular flexibility index (Phi) is 4.03. The molecule has 1 aliphatic heterocycles. The summed E-state index contributed by atoms with van der Waals surface area (Å²) in [5.74, 6) is -0.0878. The van der Waals surface area contributed by atoms with Crippen molar-refractivity contribution in [3.63, 3.8) is 0 Å². The lowest BCUT2D eigenvalue weighted by molar-refractivity contribution is -0.128. The van der Waals surface area contributed by atoms with Crippen molar-refractivity contribution in [2.45, 2.75) is 32.2 Å². The number of hydrogen-bond donors (Lipinski definition) is 0. The van der Waals surface area contributed by atoms with E-state index >= 15 is 0 Å². The molecule has 1 atom stereocenters. The van der Waals surface area contributed by atoms with E-state index in [1.807, 2.05) is 42.2 Å². The monoisotopic (exact) mass is 339 g/mol. The van der Waals surface area contributed by atoms with E-state index in [2.05, 4.69) is 5.10 Å². The maximum Gasteiger partial charge on any atom is 0.341 e. The number of carbonyl (C=O) groups excluding carboxylic acids is 2. The second kappa shape index (κ2) is 6.35. The second-order valence-electron chi connectivity index (χ2n) is 6.84. The summed E-state index contributed by atoms with van der Waals surface area (Å²) in [6, 6.07) is 10.1. The third kappa shape index (κ3) is 3.16. The number of nitrogens with zero attached hydrogens (tertiary/aromatic N) is 3. The predicted octanol–water partition coefficient (Wildman–Crippen LogP) is 2.35. The Morgan fingerprint density at radius 3 is 2.76 bits per heavy atom. The second-order valence-corrected chi connectivity index (χ2v) is 6.84. The van der Waals surface area contributed by atoms with Crippen molar-refractivity contribution in [3.05, 3.63) is 47.8 Å². The predicted molar refractivity (Wildman–Crippen MR) is 91.4 cm³/mol. The summed E-state index contributed by atoms with van der Waals surface area (Å²) in [6.45, 7) is 2.84. The van der Waals surface area contributed by atoms with Gasteiger partial charge in [0.2, 0.25) is 5.91 Å². The number of carbonyl (C=O) groups is 2. The van der Waals surface area contributed by atoms with E-state index < -0.39 is 0 Å². The van der Waals surface area contributed by atoms with E-state index in [0.29, 0.717) is 24.6 Å². The highest BCUT2D eigenvalue weighted by atomic mass is 16.5. The van der Waals surface area contributed by atoms with Gasteiger partial charge in [0.1, 0.15) is 5.56 Å². The third-order valence-electron chi connectivity index (χ3n) is 4.91. The van der Waals surface area contributed by atoms with Crippen LogP contribution in [0.1, 0.15) is 35.3 Å². The van der Waals surface area contributed by atoms with Crippen molar-refractivity contribution in [1.82, 2.24) is 14.7 Å². The van der Waals surface area contributed by atoms with Gasteiger partial charge in [-0.3, -0.25) is 4.79 Å². The summed E-state index contributed by atoms with van der Waals surface area (Å²) >= 11 is 0. The van der Waals surface area contributed by atoms with Gasteiger partial charge in [-0.25, -0.2) is 9.48 Å². The largest absolute Gasteiger partial charge is 0.462 e. The van der Waals surface area contributed by atoms with Gasteiger partial charge < -0.3 is 9.64 Å². The van der Waals surface area contributed by atoms with Crippen molar-refractivity contribution in [2.24, 2.45) is 5.92 Å². The maximum absolute atomic E-state index is 12.4. The Morgan fingerprint density at radius 1 is 1.28 bits per heavy atom.